The molecule has 5 nitrogen and oxygen atoms in total. The third-order valence-electron chi connectivity index (χ3n) is 8.62. The molecule has 0 aromatic heterocycles. The number of carbonyl (C=O) groups excluding carboxylic acids is 2. The van der Waals surface area contributed by atoms with Gasteiger partial charge in [-0.2, -0.15) is 0 Å². The fourth-order valence-corrected chi connectivity index (χ4v) is 5.42. The van der Waals surface area contributed by atoms with Crippen LogP contribution in [-0.4, -0.2) is 36.4 Å². The first kappa shape index (κ1) is 40.9. The summed E-state index contributed by atoms with van der Waals surface area (Å²) >= 11 is 0. The molecule has 0 radical (unpaired) electrons. The average molecular weight is 597 g/mol. The van der Waals surface area contributed by atoms with Gasteiger partial charge in [0.25, 0.3) is 0 Å². The summed E-state index contributed by atoms with van der Waals surface area (Å²) < 4.78 is 10.6. The van der Waals surface area contributed by atoms with Gasteiger partial charge >= 0.3 is 11.9 Å². The van der Waals surface area contributed by atoms with Crippen LogP contribution in [0.3, 0.4) is 0 Å². The van der Waals surface area contributed by atoms with Crippen molar-refractivity contribution in [2.45, 2.75) is 201 Å². The van der Waals surface area contributed by atoms with E-state index in [1.165, 1.54) is 116 Å². The van der Waals surface area contributed by atoms with Gasteiger partial charge in [-0.05, 0) is 24.7 Å². The first-order valence-electron chi connectivity index (χ1n) is 18.3. The van der Waals surface area contributed by atoms with E-state index in [0.29, 0.717) is 12.8 Å². The highest BCUT2D eigenvalue weighted by Gasteiger charge is 2.16. The van der Waals surface area contributed by atoms with E-state index in [2.05, 4.69) is 27.7 Å². The Labute approximate surface area is 261 Å². The van der Waals surface area contributed by atoms with Crippen molar-refractivity contribution in [3.63, 3.8) is 0 Å². The molecule has 0 heterocycles. The van der Waals surface area contributed by atoms with Gasteiger partial charge in [-0.1, -0.05) is 169 Å². The molecule has 1 N–H and O–H groups in total. The van der Waals surface area contributed by atoms with E-state index < -0.39 is 6.10 Å². The van der Waals surface area contributed by atoms with Gasteiger partial charge in [0, 0.05) is 12.8 Å². The predicted molar refractivity (Wildman–Crippen MR) is 178 cm³/mol. The van der Waals surface area contributed by atoms with Crippen LogP contribution in [0.4, 0.5) is 0 Å². The summed E-state index contributed by atoms with van der Waals surface area (Å²) in [4.78, 5) is 24.2. The van der Waals surface area contributed by atoms with Crippen molar-refractivity contribution in [1.29, 1.82) is 0 Å². The number of esters is 2. The van der Waals surface area contributed by atoms with Crippen molar-refractivity contribution >= 4 is 11.9 Å². The topological polar surface area (TPSA) is 72.8 Å². The fraction of sp³-hybridized carbons (Fsp3) is 0.946. The molecule has 0 aliphatic rings. The summed E-state index contributed by atoms with van der Waals surface area (Å²) in [6.07, 6.45) is 30.1. The third kappa shape index (κ3) is 30.4. The number of aliphatic hydroxyl groups is 1. The van der Waals surface area contributed by atoms with E-state index in [1.807, 2.05) is 0 Å². The van der Waals surface area contributed by atoms with Crippen LogP contribution in [0.2, 0.25) is 0 Å². The lowest BCUT2D eigenvalue weighted by Gasteiger charge is -2.15. The van der Waals surface area contributed by atoms with E-state index in [1.54, 1.807) is 0 Å². The molecule has 1 unspecified atom stereocenters. The molecule has 250 valence electrons. The predicted octanol–water partition coefficient (Wildman–Crippen LogP) is 10.9. The molecule has 0 aliphatic heterocycles. The Bertz CT molecular complexity index is 591. The van der Waals surface area contributed by atoms with Gasteiger partial charge in [0.1, 0.15) is 6.61 Å². The molecule has 0 aliphatic carbocycles. The maximum absolute atomic E-state index is 12.1. The molecular weight excluding hydrogens is 524 g/mol. The number of ether oxygens (including phenoxy) is 2. The standard InChI is InChI=1S/C37H72O5/c1-5-34(4)28-24-20-16-12-9-10-14-18-22-26-30-37(40)42-35(31-38)32-41-36(39)29-25-21-17-13-8-6-7-11-15-19-23-27-33(2)3/h33-35,38H,5-32H2,1-4H3/t34?,35-/m0/s1. The Kier molecular flexibility index (Phi) is 30.5. The number of hydrogen-bond acceptors (Lipinski definition) is 5. The van der Waals surface area contributed by atoms with E-state index >= 15 is 0 Å². The Balaban J connectivity index is 3.54. The van der Waals surface area contributed by atoms with Gasteiger partial charge in [-0.15, -0.1) is 0 Å². The van der Waals surface area contributed by atoms with E-state index in [-0.39, 0.29) is 25.2 Å². The molecule has 42 heavy (non-hydrogen) atoms. The van der Waals surface area contributed by atoms with E-state index in [0.717, 1.165) is 50.4 Å². The number of aliphatic hydroxyl groups excluding tert-OH is 1. The highest BCUT2D eigenvalue weighted by Crippen LogP contribution is 2.16. The minimum Gasteiger partial charge on any atom is -0.462 e. The van der Waals surface area contributed by atoms with Gasteiger partial charge in [-0.25, -0.2) is 0 Å². The van der Waals surface area contributed by atoms with Crippen LogP contribution in [0, 0.1) is 11.8 Å². The van der Waals surface area contributed by atoms with Gasteiger partial charge < -0.3 is 14.6 Å². The third-order valence-corrected chi connectivity index (χ3v) is 8.62. The first-order chi connectivity index (χ1) is 20.4. The van der Waals surface area contributed by atoms with Crippen LogP contribution in [0.25, 0.3) is 0 Å². The van der Waals surface area contributed by atoms with Crippen LogP contribution in [-0.2, 0) is 19.1 Å². The quantitative estimate of drug-likeness (QED) is 0.0617. The normalized spacial score (nSPS) is 12.9. The number of hydrogen-bond donors (Lipinski definition) is 1. The van der Waals surface area contributed by atoms with E-state index in [9.17, 15) is 14.7 Å². The summed E-state index contributed by atoms with van der Waals surface area (Å²) in [5, 5.41) is 9.52. The summed E-state index contributed by atoms with van der Waals surface area (Å²) in [6, 6.07) is 0. The molecule has 0 spiro atoms. The van der Waals surface area contributed by atoms with Gasteiger partial charge in [0.05, 0.1) is 6.61 Å². The largest absolute Gasteiger partial charge is 0.462 e. The molecule has 0 aromatic rings. The summed E-state index contributed by atoms with van der Waals surface area (Å²) in [5.41, 5.74) is 0. The SMILES string of the molecule is CCC(C)CCCCCCCCCCCCC(=O)O[C@@H](CO)COC(=O)CCCCCCCCCCCCCC(C)C. The number of carbonyl (C=O) groups is 2. The molecule has 2 atom stereocenters. The van der Waals surface area contributed by atoms with Crippen molar-refractivity contribution in [2.75, 3.05) is 13.2 Å². The minimum atomic E-state index is -0.762. The second kappa shape index (κ2) is 31.3. The molecule has 0 amide bonds. The van der Waals surface area contributed by atoms with Crippen LogP contribution in [0.5, 0.6) is 0 Å². The lowest BCUT2D eigenvalue weighted by Crippen LogP contribution is -2.28. The molecule has 0 aromatic carbocycles. The maximum atomic E-state index is 12.1. The van der Waals surface area contributed by atoms with Gasteiger partial charge in [0.2, 0.25) is 0 Å². The number of rotatable bonds is 32. The monoisotopic (exact) mass is 597 g/mol. The van der Waals surface area contributed by atoms with Crippen LogP contribution < -0.4 is 0 Å². The smallest absolute Gasteiger partial charge is 0.306 e. The second-order valence-electron chi connectivity index (χ2n) is 13.4. The summed E-state index contributed by atoms with van der Waals surface area (Å²) in [6.45, 7) is 8.85. The van der Waals surface area contributed by atoms with Gasteiger partial charge in [-0.3, -0.25) is 9.59 Å². The lowest BCUT2D eigenvalue weighted by atomic mass is 9.99. The average Bonchev–Trinajstić information content (AvgIpc) is 2.97. The molecule has 0 bridgehead atoms. The van der Waals surface area contributed by atoms with Crippen LogP contribution in [0.1, 0.15) is 195 Å². The van der Waals surface area contributed by atoms with Crippen molar-refractivity contribution in [3.8, 4) is 0 Å². The zero-order valence-corrected chi connectivity index (χ0v) is 28.6. The zero-order valence-electron chi connectivity index (χ0n) is 28.6. The first-order valence-corrected chi connectivity index (χ1v) is 18.3. The van der Waals surface area contributed by atoms with E-state index in [4.69, 9.17) is 9.47 Å². The zero-order chi connectivity index (χ0) is 31.1. The Morgan fingerprint density at radius 1 is 0.548 bits per heavy atom. The molecule has 0 fully saturated rings. The van der Waals surface area contributed by atoms with Crippen molar-refractivity contribution < 1.29 is 24.2 Å². The summed E-state index contributed by atoms with van der Waals surface area (Å²) in [7, 11) is 0. The molecule has 0 saturated carbocycles. The second-order valence-corrected chi connectivity index (χ2v) is 13.4. The molecule has 0 rings (SSSR count). The van der Waals surface area contributed by atoms with Crippen LogP contribution in [0.15, 0.2) is 0 Å². The Morgan fingerprint density at radius 2 is 0.929 bits per heavy atom. The van der Waals surface area contributed by atoms with Crippen molar-refractivity contribution in [3.05, 3.63) is 0 Å². The Hall–Kier alpha value is -1.10. The maximum Gasteiger partial charge on any atom is 0.306 e. The molecular formula is C37H72O5. The highest BCUT2D eigenvalue weighted by atomic mass is 16.6. The lowest BCUT2D eigenvalue weighted by molar-refractivity contribution is -0.161. The van der Waals surface area contributed by atoms with Crippen LogP contribution >= 0.6 is 0 Å². The highest BCUT2D eigenvalue weighted by molar-refractivity contribution is 5.70. The summed E-state index contributed by atoms with van der Waals surface area (Å²) in [5.74, 6) is 1.13. The van der Waals surface area contributed by atoms with Crippen molar-refractivity contribution in [1.82, 2.24) is 0 Å². The molecule has 0 saturated heterocycles. The Morgan fingerprint density at radius 3 is 1.33 bits per heavy atom. The van der Waals surface area contributed by atoms with Gasteiger partial charge in [0.15, 0.2) is 6.10 Å². The molecule has 5 heteroatoms. The van der Waals surface area contributed by atoms with Crippen molar-refractivity contribution in [2.24, 2.45) is 11.8 Å². The number of unbranched alkanes of at least 4 members (excludes halogenated alkanes) is 19. The minimum absolute atomic E-state index is 0.0594. The fourth-order valence-electron chi connectivity index (χ4n) is 5.42.